The molecule has 1 unspecified atom stereocenters. The summed E-state index contributed by atoms with van der Waals surface area (Å²) in [7, 11) is 0. The molecule has 3 N–H and O–H groups in total. The summed E-state index contributed by atoms with van der Waals surface area (Å²) in [5.74, 6) is -1.38. The third-order valence-electron chi connectivity index (χ3n) is 8.84. The summed E-state index contributed by atoms with van der Waals surface area (Å²) in [5.41, 5.74) is 2.07. The third kappa shape index (κ3) is 10.9. The fourth-order valence-electron chi connectivity index (χ4n) is 5.81. The van der Waals surface area contributed by atoms with Gasteiger partial charge in [0, 0.05) is 69.0 Å². The zero-order valence-electron chi connectivity index (χ0n) is 31.5. The number of nitrogens with zero attached hydrogens (tertiary/aromatic N) is 4. The molecule has 4 amide bonds. The van der Waals surface area contributed by atoms with E-state index in [9.17, 15) is 23.6 Å². The first kappa shape index (κ1) is 39.3. The molecule has 1 aliphatic heterocycles. The van der Waals surface area contributed by atoms with Crippen LogP contribution in [0.25, 0.3) is 20.8 Å². The molecular weight excluding hydrogens is 730 g/mol. The van der Waals surface area contributed by atoms with Gasteiger partial charge in [-0.25, -0.2) is 18.8 Å². The number of esters is 1. The predicted octanol–water partition coefficient (Wildman–Crippen LogP) is 6.31. The molecule has 4 aromatic rings. The maximum absolute atomic E-state index is 15.0. The Kier molecular flexibility index (Phi) is 12.1. The van der Waals surface area contributed by atoms with E-state index in [0.717, 1.165) is 33.7 Å². The van der Waals surface area contributed by atoms with Crippen molar-refractivity contribution in [1.82, 2.24) is 30.4 Å². The molecule has 1 saturated heterocycles. The average Bonchev–Trinajstić information content (AvgIpc) is 3.83. The van der Waals surface area contributed by atoms with Gasteiger partial charge in [-0.1, -0.05) is 19.9 Å². The lowest BCUT2D eigenvalue weighted by atomic mass is 10.1. The van der Waals surface area contributed by atoms with Crippen molar-refractivity contribution in [2.24, 2.45) is 5.92 Å². The smallest absolute Gasteiger partial charge is 0.408 e. The number of pyridine rings is 2. The molecular formula is C39H46FN7O7S. The number of aromatic nitrogens is 2. The Morgan fingerprint density at radius 2 is 1.75 bits per heavy atom. The highest BCUT2D eigenvalue weighted by Crippen LogP contribution is 2.39. The van der Waals surface area contributed by atoms with E-state index in [1.165, 1.54) is 23.5 Å². The maximum atomic E-state index is 15.0. The van der Waals surface area contributed by atoms with E-state index in [1.807, 2.05) is 24.4 Å². The Morgan fingerprint density at radius 1 is 0.982 bits per heavy atom. The number of amides is 4. The van der Waals surface area contributed by atoms with Crippen LogP contribution in [0.5, 0.6) is 11.5 Å². The van der Waals surface area contributed by atoms with Crippen LogP contribution >= 0.6 is 11.3 Å². The van der Waals surface area contributed by atoms with E-state index in [-0.39, 0.29) is 29.6 Å². The number of piperazine rings is 1. The number of hydrogen-bond acceptors (Lipinski definition) is 11. The molecule has 2 aliphatic rings. The molecule has 55 heavy (non-hydrogen) atoms. The number of urea groups is 1. The molecule has 6 rings (SSSR count). The Bertz CT molecular complexity index is 2020. The van der Waals surface area contributed by atoms with Crippen LogP contribution < -0.4 is 20.7 Å². The second-order valence-electron chi connectivity index (χ2n) is 14.9. The summed E-state index contributed by atoms with van der Waals surface area (Å²) < 4.78 is 32.3. The summed E-state index contributed by atoms with van der Waals surface area (Å²) in [4.78, 5) is 63.8. The van der Waals surface area contributed by atoms with Crippen molar-refractivity contribution in [3.8, 4) is 22.1 Å². The van der Waals surface area contributed by atoms with Gasteiger partial charge in [-0.2, -0.15) is 0 Å². The molecule has 3 aromatic heterocycles. The van der Waals surface area contributed by atoms with Crippen LogP contribution in [0.4, 0.5) is 19.7 Å². The number of alkyl carbamates (subject to hydrolysis) is 1. The lowest BCUT2D eigenvalue weighted by Crippen LogP contribution is -2.50. The molecule has 14 nitrogen and oxygen atoms in total. The number of carbonyl (C=O) groups excluding carboxylic acids is 4. The molecule has 1 atom stereocenters. The second-order valence-corrected chi connectivity index (χ2v) is 16.0. The lowest BCUT2D eigenvalue weighted by Gasteiger charge is -2.34. The SMILES string of the molecule is CC(C)C(NC(=O)OC(C)(C)C)C(=O)OCC(=O)N1CCN(Cc2ccc(-c3cc4nccc(Oc5ccc(NC(=O)NC6CC6)cc5F)c4s3)nc2)CC1. The standard InChI is InChI=1S/C39H46FN7O7S/c1-23(2)34(45-38(51)54-39(3,4)5)36(49)52-22-33(48)47-16-14-46(15-17-47)21-24-6-10-28(42-20-24)32-19-29-35(55-32)31(12-13-41-29)53-30-11-9-26(18-27(30)40)44-37(50)43-25-7-8-25/h6,9-13,18-20,23,25,34H,7-8,14-17,21-22H2,1-5H3,(H,45,51)(H2,43,44,50). The monoisotopic (exact) mass is 775 g/mol. The zero-order chi connectivity index (χ0) is 39.3. The topological polar surface area (TPSA) is 164 Å². The first-order valence-corrected chi connectivity index (χ1v) is 19.1. The number of benzene rings is 1. The molecule has 1 aliphatic carbocycles. The van der Waals surface area contributed by atoms with Crippen LogP contribution in [0.3, 0.4) is 0 Å². The van der Waals surface area contributed by atoms with E-state index in [2.05, 4.69) is 25.8 Å². The predicted molar refractivity (Wildman–Crippen MR) is 205 cm³/mol. The normalized spacial score (nSPS) is 15.4. The van der Waals surface area contributed by atoms with Gasteiger partial charge in [0.25, 0.3) is 5.91 Å². The van der Waals surface area contributed by atoms with Gasteiger partial charge in [0.1, 0.15) is 17.4 Å². The number of hydrogen-bond donors (Lipinski definition) is 3. The van der Waals surface area contributed by atoms with E-state index >= 15 is 0 Å². The highest BCUT2D eigenvalue weighted by molar-refractivity contribution is 7.22. The minimum atomic E-state index is -0.946. The summed E-state index contributed by atoms with van der Waals surface area (Å²) in [5, 5.41) is 8.00. The van der Waals surface area contributed by atoms with Crippen LogP contribution in [-0.2, 0) is 25.6 Å². The van der Waals surface area contributed by atoms with Crippen molar-refractivity contribution in [2.75, 3.05) is 38.1 Å². The number of thiophene rings is 1. The Morgan fingerprint density at radius 3 is 2.40 bits per heavy atom. The quantitative estimate of drug-likeness (QED) is 0.139. The number of fused-ring (bicyclic) bond motifs is 1. The highest BCUT2D eigenvalue weighted by Gasteiger charge is 2.30. The summed E-state index contributed by atoms with van der Waals surface area (Å²) in [6.45, 7) is 11.2. The summed E-state index contributed by atoms with van der Waals surface area (Å²) in [6.07, 6.45) is 4.62. The fraction of sp³-hybridized carbons (Fsp3) is 0.436. The van der Waals surface area contributed by atoms with Gasteiger partial charge < -0.3 is 35.1 Å². The van der Waals surface area contributed by atoms with Crippen LogP contribution in [0, 0.1) is 11.7 Å². The molecule has 0 spiro atoms. The fourth-order valence-corrected chi connectivity index (χ4v) is 6.85. The van der Waals surface area contributed by atoms with Gasteiger partial charge in [-0.05, 0) is 69.4 Å². The zero-order valence-corrected chi connectivity index (χ0v) is 32.3. The molecule has 4 heterocycles. The Balaban J connectivity index is 0.983. The van der Waals surface area contributed by atoms with Gasteiger partial charge in [0.05, 0.1) is 20.8 Å². The molecule has 0 bridgehead atoms. The third-order valence-corrected chi connectivity index (χ3v) is 10.00. The van der Waals surface area contributed by atoms with Gasteiger partial charge in [-0.3, -0.25) is 19.7 Å². The van der Waals surface area contributed by atoms with Gasteiger partial charge in [-0.15, -0.1) is 11.3 Å². The van der Waals surface area contributed by atoms with Crippen molar-refractivity contribution < 1.29 is 37.8 Å². The van der Waals surface area contributed by atoms with Gasteiger partial charge in [0.2, 0.25) is 0 Å². The largest absolute Gasteiger partial charge is 0.454 e. The Hall–Kier alpha value is -5.35. The minimum absolute atomic E-state index is 0.0242. The molecule has 292 valence electrons. The van der Waals surface area contributed by atoms with E-state index in [0.29, 0.717) is 49.7 Å². The van der Waals surface area contributed by atoms with E-state index in [1.54, 1.807) is 57.8 Å². The van der Waals surface area contributed by atoms with Crippen molar-refractivity contribution in [1.29, 1.82) is 0 Å². The molecule has 0 radical (unpaired) electrons. The molecule has 1 aromatic carbocycles. The first-order valence-electron chi connectivity index (χ1n) is 18.3. The highest BCUT2D eigenvalue weighted by atomic mass is 32.1. The van der Waals surface area contributed by atoms with Crippen LogP contribution in [-0.4, -0.2) is 94.2 Å². The number of nitrogens with one attached hydrogen (secondary N) is 3. The number of halogens is 1. The van der Waals surface area contributed by atoms with Crippen molar-refractivity contribution in [3.63, 3.8) is 0 Å². The second kappa shape index (κ2) is 17.0. The molecule has 2 fully saturated rings. The Labute approximate surface area is 322 Å². The lowest BCUT2D eigenvalue weighted by molar-refractivity contribution is -0.155. The number of rotatable bonds is 12. The molecule has 1 saturated carbocycles. The average molecular weight is 776 g/mol. The number of anilines is 1. The van der Waals surface area contributed by atoms with E-state index in [4.69, 9.17) is 19.2 Å². The van der Waals surface area contributed by atoms with Crippen LogP contribution in [0.1, 0.15) is 53.0 Å². The van der Waals surface area contributed by atoms with E-state index < -0.39 is 36.1 Å². The van der Waals surface area contributed by atoms with Gasteiger partial charge >= 0.3 is 18.1 Å². The van der Waals surface area contributed by atoms with Crippen molar-refractivity contribution in [3.05, 3.63) is 66.2 Å². The minimum Gasteiger partial charge on any atom is -0.454 e. The van der Waals surface area contributed by atoms with Crippen LogP contribution in [0.15, 0.2) is 54.9 Å². The summed E-state index contributed by atoms with van der Waals surface area (Å²) in [6, 6.07) is 10.7. The molecule has 16 heteroatoms. The van der Waals surface area contributed by atoms with Crippen molar-refractivity contribution >= 4 is 51.2 Å². The summed E-state index contributed by atoms with van der Waals surface area (Å²) >= 11 is 1.44. The first-order chi connectivity index (χ1) is 26.2. The van der Waals surface area contributed by atoms with Crippen LogP contribution in [0.2, 0.25) is 0 Å². The maximum Gasteiger partial charge on any atom is 0.408 e. The van der Waals surface area contributed by atoms with Crippen molar-refractivity contribution in [2.45, 2.75) is 71.7 Å². The van der Waals surface area contributed by atoms with Gasteiger partial charge in [0.15, 0.2) is 18.2 Å². The number of carbonyl (C=O) groups is 4. The number of ether oxygens (including phenoxy) is 3.